The van der Waals surface area contributed by atoms with Crippen LogP contribution in [0, 0.1) is 11.8 Å². The Bertz CT molecular complexity index is 339. The fourth-order valence-corrected chi connectivity index (χ4v) is 2.82. The molecule has 102 valence electrons. The Morgan fingerprint density at radius 2 is 1.78 bits per heavy atom. The molecule has 1 aromatic rings. The maximum Gasteiger partial charge on any atom is 0.0346 e. The van der Waals surface area contributed by atoms with Crippen LogP contribution in [0.2, 0.25) is 0 Å². The molecule has 18 heavy (non-hydrogen) atoms. The Morgan fingerprint density at radius 1 is 1.11 bits per heavy atom. The second kappa shape index (κ2) is 7.58. The quantitative estimate of drug-likeness (QED) is 0.743. The van der Waals surface area contributed by atoms with Crippen molar-refractivity contribution in [2.24, 2.45) is 11.8 Å². The number of hydrogen-bond acceptors (Lipinski definition) is 1. The summed E-state index contributed by atoms with van der Waals surface area (Å²) in [5.74, 6) is 1.45. The summed E-state index contributed by atoms with van der Waals surface area (Å²) < 4.78 is 0. The molecule has 1 nitrogen and oxygen atoms in total. The van der Waals surface area contributed by atoms with E-state index < -0.39 is 0 Å². The van der Waals surface area contributed by atoms with Crippen LogP contribution in [0.25, 0.3) is 0 Å². The van der Waals surface area contributed by atoms with E-state index in [9.17, 15) is 0 Å². The van der Waals surface area contributed by atoms with Crippen LogP contribution in [0.15, 0.2) is 24.3 Å². The molecule has 0 aliphatic carbocycles. The third-order valence-corrected chi connectivity index (χ3v) is 3.79. The van der Waals surface area contributed by atoms with E-state index in [4.69, 9.17) is 0 Å². The lowest BCUT2D eigenvalue weighted by atomic mass is 9.87. The molecular weight excluding hydrogens is 218 g/mol. The van der Waals surface area contributed by atoms with Crippen LogP contribution in [0.3, 0.4) is 0 Å². The average molecular weight is 247 g/mol. The summed E-state index contributed by atoms with van der Waals surface area (Å²) in [6.07, 6.45) is 3.64. The molecule has 0 heterocycles. The minimum Gasteiger partial charge on any atom is -0.313 e. The summed E-state index contributed by atoms with van der Waals surface area (Å²) in [4.78, 5) is 0. The Labute approximate surface area is 113 Å². The van der Waals surface area contributed by atoms with Crippen LogP contribution in [0.1, 0.15) is 57.7 Å². The van der Waals surface area contributed by atoms with Gasteiger partial charge < -0.3 is 5.32 Å². The smallest absolute Gasteiger partial charge is 0.0346 e. The van der Waals surface area contributed by atoms with Crippen LogP contribution in [-0.2, 0) is 6.42 Å². The van der Waals surface area contributed by atoms with Crippen molar-refractivity contribution < 1.29 is 0 Å². The van der Waals surface area contributed by atoms with Crippen molar-refractivity contribution >= 4 is 0 Å². The van der Waals surface area contributed by atoms with Gasteiger partial charge in [-0.05, 0) is 36.4 Å². The van der Waals surface area contributed by atoms with Gasteiger partial charge in [-0.3, -0.25) is 0 Å². The molecule has 0 aliphatic rings. The first-order chi connectivity index (χ1) is 8.62. The average Bonchev–Trinajstić information content (AvgIpc) is 2.35. The van der Waals surface area contributed by atoms with E-state index in [0.717, 1.165) is 11.8 Å². The van der Waals surface area contributed by atoms with Gasteiger partial charge in [-0.25, -0.2) is 0 Å². The highest BCUT2D eigenvalue weighted by Gasteiger charge is 2.18. The molecule has 1 unspecified atom stereocenters. The first kappa shape index (κ1) is 15.2. The van der Waals surface area contributed by atoms with Crippen molar-refractivity contribution in [2.45, 2.75) is 53.0 Å². The fraction of sp³-hybridized carbons (Fsp3) is 0.647. The van der Waals surface area contributed by atoms with E-state index in [1.54, 1.807) is 0 Å². The Morgan fingerprint density at radius 3 is 2.28 bits per heavy atom. The number of nitrogens with one attached hydrogen (secondary N) is 1. The van der Waals surface area contributed by atoms with Crippen molar-refractivity contribution in [3.8, 4) is 0 Å². The standard InChI is InChI=1S/C17H29N/c1-6-15(7-2)17(18-5)16-10-8-9-14(12-16)11-13(3)4/h8-10,12-13,15,17-18H,6-7,11H2,1-5H3. The minimum atomic E-state index is 0.493. The zero-order chi connectivity index (χ0) is 13.5. The third kappa shape index (κ3) is 4.13. The molecule has 0 saturated carbocycles. The third-order valence-electron chi connectivity index (χ3n) is 3.79. The van der Waals surface area contributed by atoms with E-state index >= 15 is 0 Å². The first-order valence-corrected chi connectivity index (χ1v) is 7.38. The molecule has 0 saturated heterocycles. The Balaban J connectivity index is 2.91. The summed E-state index contributed by atoms with van der Waals surface area (Å²) in [6.45, 7) is 9.14. The molecule has 0 aliphatic heterocycles. The Hall–Kier alpha value is -0.820. The molecule has 0 bridgehead atoms. The summed E-state index contributed by atoms with van der Waals surface area (Å²) in [5, 5.41) is 3.50. The molecule has 0 spiro atoms. The largest absolute Gasteiger partial charge is 0.313 e. The molecule has 0 radical (unpaired) electrons. The van der Waals surface area contributed by atoms with Gasteiger partial charge in [-0.15, -0.1) is 0 Å². The van der Waals surface area contributed by atoms with Crippen molar-refractivity contribution in [1.29, 1.82) is 0 Å². The zero-order valence-electron chi connectivity index (χ0n) is 12.7. The van der Waals surface area contributed by atoms with Gasteiger partial charge in [-0.1, -0.05) is 64.8 Å². The molecular formula is C17H29N. The SMILES string of the molecule is CCC(CC)C(NC)c1cccc(CC(C)C)c1. The topological polar surface area (TPSA) is 12.0 Å². The number of hydrogen-bond donors (Lipinski definition) is 1. The highest BCUT2D eigenvalue weighted by Crippen LogP contribution is 2.27. The van der Waals surface area contributed by atoms with Gasteiger partial charge in [-0.2, -0.15) is 0 Å². The van der Waals surface area contributed by atoms with Gasteiger partial charge in [0.05, 0.1) is 0 Å². The predicted molar refractivity (Wildman–Crippen MR) is 80.9 cm³/mol. The maximum atomic E-state index is 3.50. The van der Waals surface area contributed by atoms with Crippen molar-refractivity contribution in [2.75, 3.05) is 7.05 Å². The maximum absolute atomic E-state index is 3.50. The molecule has 0 aromatic heterocycles. The summed E-state index contributed by atoms with van der Waals surface area (Å²) >= 11 is 0. The Kier molecular flexibility index (Phi) is 6.42. The van der Waals surface area contributed by atoms with Crippen LogP contribution in [-0.4, -0.2) is 7.05 Å². The second-order valence-electron chi connectivity index (χ2n) is 5.69. The van der Waals surface area contributed by atoms with Gasteiger partial charge >= 0.3 is 0 Å². The van der Waals surface area contributed by atoms with Gasteiger partial charge in [0.2, 0.25) is 0 Å². The lowest BCUT2D eigenvalue weighted by Crippen LogP contribution is -2.24. The molecule has 1 N–H and O–H groups in total. The monoisotopic (exact) mass is 247 g/mol. The van der Waals surface area contributed by atoms with Crippen LogP contribution >= 0.6 is 0 Å². The van der Waals surface area contributed by atoms with Gasteiger partial charge in [0.15, 0.2) is 0 Å². The van der Waals surface area contributed by atoms with E-state index in [1.165, 1.54) is 30.4 Å². The predicted octanol–water partition coefficient (Wildman–Crippen LogP) is 4.58. The zero-order valence-corrected chi connectivity index (χ0v) is 12.7. The van der Waals surface area contributed by atoms with E-state index in [1.807, 2.05) is 0 Å². The van der Waals surface area contributed by atoms with Gasteiger partial charge in [0, 0.05) is 6.04 Å². The van der Waals surface area contributed by atoms with Crippen LogP contribution in [0.4, 0.5) is 0 Å². The highest BCUT2D eigenvalue weighted by molar-refractivity contribution is 5.27. The van der Waals surface area contributed by atoms with Crippen molar-refractivity contribution in [3.05, 3.63) is 35.4 Å². The van der Waals surface area contributed by atoms with Crippen LogP contribution < -0.4 is 5.32 Å². The van der Waals surface area contributed by atoms with Crippen molar-refractivity contribution in [1.82, 2.24) is 5.32 Å². The second-order valence-corrected chi connectivity index (χ2v) is 5.69. The normalized spacial score (nSPS) is 13.3. The lowest BCUT2D eigenvalue weighted by Gasteiger charge is -2.26. The first-order valence-electron chi connectivity index (χ1n) is 7.38. The van der Waals surface area contributed by atoms with E-state index in [2.05, 4.69) is 64.3 Å². The lowest BCUT2D eigenvalue weighted by molar-refractivity contribution is 0.359. The molecule has 1 atom stereocenters. The highest BCUT2D eigenvalue weighted by atomic mass is 14.9. The molecule has 1 rings (SSSR count). The molecule has 0 amide bonds. The summed E-state index contributed by atoms with van der Waals surface area (Å²) in [5.41, 5.74) is 2.91. The molecule has 0 fully saturated rings. The molecule has 1 aromatic carbocycles. The fourth-order valence-electron chi connectivity index (χ4n) is 2.82. The van der Waals surface area contributed by atoms with Gasteiger partial charge in [0.1, 0.15) is 0 Å². The van der Waals surface area contributed by atoms with E-state index in [0.29, 0.717) is 6.04 Å². The summed E-state index contributed by atoms with van der Waals surface area (Å²) in [6, 6.07) is 9.61. The van der Waals surface area contributed by atoms with Gasteiger partial charge in [0.25, 0.3) is 0 Å². The summed E-state index contributed by atoms with van der Waals surface area (Å²) in [7, 11) is 2.08. The molecule has 1 heteroatoms. The minimum absolute atomic E-state index is 0.493. The van der Waals surface area contributed by atoms with E-state index in [-0.39, 0.29) is 0 Å². The number of benzene rings is 1. The van der Waals surface area contributed by atoms with Crippen molar-refractivity contribution in [3.63, 3.8) is 0 Å². The van der Waals surface area contributed by atoms with Crippen LogP contribution in [0.5, 0.6) is 0 Å². The number of rotatable bonds is 7.